The van der Waals surface area contributed by atoms with Crippen molar-refractivity contribution in [1.29, 1.82) is 0 Å². The molecule has 0 bridgehead atoms. The van der Waals surface area contributed by atoms with E-state index in [0.717, 1.165) is 0 Å². The van der Waals surface area contributed by atoms with Crippen LogP contribution in [0.15, 0.2) is 12.1 Å². The highest BCUT2D eigenvalue weighted by atomic mass is 16.6. The molecule has 110 valence electrons. The monoisotopic (exact) mass is 280 g/mol. The van der Waals surface area contributed by atoms with E-state index in [1.54, 1.807) is 26.8 Å². The van der Waals surface area contributed by atoms with Crippen molar-refractivity contribution >= 4 is 11.9 Å². The van der Waals surface area contributed by atoms with E-state index >= 15 is 0 Å². The van der Waals surface area contributed by atoms with E-state index in [1.165, 1.54) is 13.0 Å². The van der Waals surface area contributed by atoms with E-state index in [-0.39, 0.29) is 17.2 Å². The van der Waals surface area contributed by atoms with Crippen LogP contribution in [-0.4, -0.2) is 34.1 Å². The Morgan fingerprint density at radius 3 is 2.55 bits per heavy atom. The fourth-order valence-electron chi connectivity index (χ4n) is 1.50. The Kier molecular flexibility index (Phi) is 5.07. The zero-order chi connectivity index (χ0) is 15.3. The lowest BCUT2D eigenvalue weighted by molar-refractivity contribution is 0.0528. The molecular weight excluding hydrogens is 260 g/mol. The van der Waals surface area contributed by atoms with Crippen LogP contribution in [0.5, 0.6) is 5.75 Å². The maximum atomic E-state index is 11.4. The van der Waals surface area contributed by atoms with Crippen LogP contribution in [0, 0.1) is 0 Å². The summed E-state index contributed by atoms with van der Waals surface area (Å²) in [5, 5.41) is 12.1. The van der Waals surface area contributed by atoms with Crippen LogP contribution in [0.4, 0.5) is 4.79 Å². The molecule has 1 aromatic heterocycles. The number of ether oxygens (including phenoxy) is 1. The Balaban J connectivity index is 2.53. The third-order valence-electron chi connectivity index (χ3n) is 2.31. The molecule has 0 aliphatic heterocycles. The standard InChI is InChI=1S/C14H20N2O4/c1-9(17)12-11(18)6-5-10(16-12)7-8-15-13(19)20-14(2,3)4/h5-6,18H,7-8H2,1-4H3,(H,15,19). The number of Topliss-reactive ketones (excluding diaryl/α,β-unsaturated/α-hetero) is 1. The molecule has 1 heterocycles. The van der Waals surface area contributed by atoms with Crippen LogP contribution >= 0.6 is 0 Å². The van der Waals surface area contributed by atoms with Gasteiger partial charge in [-0.05, 0) is 32.9 Å². The predicted octanol–water partition coefficient (Wildman–Crippen LogP) is 2.06. The minimum Gasteiger partial charge on any atom is -0.506 e. The van der Waals surface area contributed by atoms with Crippen LogP contribution in [-0.2, 0) is 11.2 Å². The highest BCUT2D eigenvalue weighted by molar-refractivity contribution is 5.94. The first-order valence-electron chi connectivity index (χ1n) is 6.36. The molecule has 6 heteroatoms. The van der Waals surface area contributed by atoms with Gasteiger partial charge in [-0.15, -0.1) is 0 Å². The summed E-state index contributed by atoms with van der Waals surface area (Å²) in [6, 6.07) is 3.03. The second-order valence-corrected chi connectivity index (χ2v) is 5.41. The maximum Gasteiger partial charge on any atom is 0.407 e. The summed E-state index contributed by atoms with van der Waals surface area (Å²) in [5.74, 6) is -0.439. The smallest absolute Gasteiger partial charge is 0.407 e. The van der Waals surface area contributed by atoms with Gasteiger partial charge in [-0.2, -0.15) is 0 Å². The third kappa shape index (κ3) is 5.26. The molecule has 20 heavy (non-hydrogen) atoms. The normalized spacial score (nSPS) is 11.0. The molecule has 0 aromatic carbocycles. The molecule has 0 unspecified atom stereocenters. The van der Waals surface area contributed by atoms with Crippen molar-refractivity contribution in [2.45, 2.75) is 39.7 Å². The quantitative estimate of drug-likeness (QED) is 0.824. The first-order valence-corrected chi connectivity index (χ1v) is 6.36. The van der Waals surface area contributed by atoms with Gasteiger partial charge < -0.3 is 15.2 Å². The maximum absolute atomic E-state index is 11.4. The number of ketones is 1. The fourth-order valence-corrected chi connectivity index (χ4v) is 1.50. The lowest BCUT2D eigenvalue weighted by atomic mass is 10.2. The minimum atomic E-state index is -0.539. The highest BCUT2D eigenvalue weighted by Gasteiger charge is 2.15. The second kappa shape index (κ2) is 6.36. The Hall–Kier alpha value is -2.11. The number of carbonyl (C=O) groups excluding carboxylic acids is 2. The van der Waals surface area contributed by atoms with E-state index in [9.17, 15) is 14.7 Å². The van der Waals surface area contributed by atoms with Crippen molar-refractivity contribution in [2.75, 3.05) is 6.54 Å². The van der Waals surface area contributed by atoms with E-state index in [1.807, 2.05) is 0 Å². The molecule has 1 aromatic rings. The molecule has 1 amide bonds. The van der Waals surface area contributed by atoms with Crippen molar-refractivity contribution < 1.29 is 19.4 Å². The number of carbonyl (C=O) groups is 2. The molecule has 0 aliphatic rings. The van der Waals surface area contributed by atoms with Gasteiger partial charge in [0.25, 0.3) is 0 Å². The van der Waals surface area contributed by atoms with Gasteiger partial charge in [0.05, 0.1) is 0 Å². The number of rotatable bonds is 4. The molecule has 6 nitrogen and oxygen atoms in total. The summed E-state index contributed by atoms with van der Waals surface area (Å²) < 4.78 is 5.09. The number of aromatic hydroxyl groups is 1. The average Bonchev–Trinajstić information content (AvgIpc) is 2.28. The second-order valence-electron chi connectivity index (χ2n) is 5.41. The van der Waals surface area contributed by atoms with Crippen molar-refractivity contribution in [1.82, 2.24) is 10.3 Å². The number of nitrogens with zero attached hydrogens (tertiary/aromatic N) is 1. The summed E-state index contributed by atoms with van der Waals surface area (Å²) in [5.41, 5.74) is 0.117. The van der Waals surface area contributed by atoms with Gasteiger partial charge in [0.1, 0.15) is 17.0 Å². The lowest BCUT2D eigenvalue weighted by Crippen LogP contribution is -2.33. The summed E-state index contributed by atoms with van der Waals surface area (Å²) in [4.78, 5) is 26.7. The van der Waals surface area contributed by atoms with Gasteiger partial charge in [-0.3, -0.25) is 4.79 Å². The molecule has 2 N–H and O–H groups in total. The summed E-state index contributed by atoms with van der Waals surface area (Å²) >= 11 is 0. The van der Waals surface area contributed by atoms with E-state index in [2.05, 4.69) is 10.3 Å². The number of hydrogen-bond donors (Lipinski definition) is 2. The molecule has 0 atom stereocenters. The molecule has 0 radical (unpaired) electrons. The fraction of sp³-hybridized carbons (Fsp3) is 0.500. The third-order valence-corrected chi connectivity index (χ3v) is 2.31. The SMILES string of the molecule is CC(=O)c1nc(CCNC(=O)OC(C)(C)C)ccc1O. The van der Waals surface area contributed by atoms with Gasteiger partial charge in [0.2, 0.25) is 0 Å². The zero-order valence-corrected chi connectivity index (χ0v) is 12.2. The zero-order valence-electron chi connectivity index (χ0n) is 12.2. The van der Waals surface area contributed by atoms with E-state index < -0.39 is 11.7 Å². The number of pyridine rings is 1. The van der Waals surface area contributed by atoms with Crippen molar-refractivity contribution in [3.8, 4) is 5.75 Å². The summed E-state index contributed by atoms with van der Waals surface area (Å²) in [6.45, 7) is 7.03. The van der Waals surface area contributed by atoms with Crippen LogP contribution in [0.1, 0.15) is 43.9 Å². The molecule has 0 aliphatic carbocycles. The summed E-state index contributed by atoms with van der Waals surface area (Å²) in [7, 11) is 0. The predicted molar refractivity (Wildman–Crippen MR) is 73.8 cm³/mol. The highest BCUT2D eigenvalue weighted by Crippen LogP contribution is 2.15. The lowest BCUT2D eigenvalue weighted by Gasteiger charge is -2.19. The Morgan fingerprint density at radius 1 is 1.35 bits per heavy atom. The van der Waals surface area contributed by atoms with Crippen LogP contribution in [0.3, 0.4) is 0 Å². The van der Waals surface area contributed by atoms with Crippen molar-refractivity contribution in [3.63, 3.8) is 0 Å². The topological polar surface area (TPSA) is 88.5 Å². The number of amides is 1. The molecule has 0 fully saturated rings. The first-order chi connectivity index (χ1) is 9.19. The van der Waals surface area contributed by atoms with E-state index in [4.69, 9.17) is 4.74 Å². The van der Waals surface area contributed by atoms with Crippen LogP contribution < -0.4 is 5.32 Å². The number of nitrogens with one attached hydrogen (secondary N) is 1. The molecule has 0 spiro atoms. The average molecular weight is 280 g/mol. The number of hydrogen-bond acceptors (Lipinski definition) is 5. The molecule has 1 rings (SSSR count). The summed E-state index contributed by atoms with van der Waals surface area (Å²) in [6.07, 6.45) is -0.0529. The van der Waals surface area contributed by atoms with Crippen LogP contribution in [0.2, 0.25) is 0 Å². The van der Waals surface area contributed by atoms with Gasteiger partial charge in [0.15, 0.2) is 5.78 Å². The van der Waals surface area contributed by atoms with Gasteiger partial charge >= 0.3 is 6.09 Å². The van der Waals surface area contributed by atoms with Gasteiger partial charge in [-0.1, -0.05) is 0 Å². The van der Waals surface area contributed by atoms with Crippen molar-refractivity contribution in [3.05, 3.63) is 23.5 Å². The van der Waals surface area contributed by atoms with E-state index in [0.29, 0.717) is 18.7 Å². The van der Waals surface area contributed by atoms with Gasteiger partial charge in [-0.25, -0.2) is 9.78 Å². The first kappa shape index (κ1) is 15.9. The molecular formula is C14H20N2O4. The largest absolute Gasteiger partial charge is 0.506 e. The van der Waals surface area contributed by atoms with Crippen molar-refractivity contribution in [2.24, 2.45) is 0 Å². The van der Waals surface area contributed by atoms with Crippen LogP contribution in [0.25, 0.3) is 0 Å². The Labute approximate surface area is 118 Å². The number of aromatic nitrogens is 1. The molecule has 0 saturated carbocycles. The number of alkyl carbamates (subject to hydrolysis) is 1. The van der Waals surface area contributed by atoms with Gasteiger partial charge in [0, 0.05) is 25.6 Å². The minimum absolute atomic E-state index is 0.0415. The molecule has 0 saturated heterocycles. The Bertz CT molecular complexity index is 506. The Morgan fingerprint density at radius 2 is 2.00 bits per heavy atom.